The summed E-state index contributed by atoms with van der Waals surface area (Å²) < 4.78 is 7.64. The molecule has 1 atom stereocenters. The van der Waals surface area contributed by atoms with Crippen LogP contribution in [0.4, 0.5) is 0 Å². The zero-order valence-corrected chi connectivity index (χ0v) is 17.6. The number of hydrogen-bond acceptors (Lipinski definition) is 3. The van der Waals surface area contributed by atoms with Crippen molar-refractivity contribution in [1.29, 1.82) is 0 Å². The van der Waals surface area contributed by atoms with E-state index in [1.54, 1.807) is 16.7 Å². The number of aromatic nitrogens is 1. The average Bonchev–Trinajstić information content (AvgIpc) is 2.75. The van der Waals surface area contributed by atoms with E-state index in [4.69, 9.17) is 4.74 Å². The van der Waals surface area contributed by atoms with Crippen LogP contribution < -0.4 is 16.2 Å². The van der Waals surface area contributed by atoms with E-state index >= 15 is 0 Å². The Morgan fingerprint density at radius 2 is 1.86 bits per heavy atom. The van der Waals surface area contributed by atoms with Crippen molar-refractivity contribution in [2.45, 2.75) is 45.8 Å². The van der Waals surface area contributed by atoms with Crippen LogP contribution in [0.5, 0.6) is 0 Å². The van der Waals surface area contributed by atoms with Gasteiger partial charge in [-0.2, -0.15) is 0 Å². The Labute approximate surface area is 174 Å². The Morgan fingerprint density at radius 1 is 1.07 bits per heavy atom. The molecule has 0 amide bonds. The summed E-state index contributed by atoms with van der Waals surface area (Å²) in [6.45, 7) is 7.94. The van der Waals surface area contributed by atoms with Crippen LogP contribution in [0.1, 0.15) is 44.8 Å². The Bertz CT molecular complexity index is 774. The Hall–Kier alpha value is -2.60. The van der Waals surface area contributed by atoms with Crippen molar-refractivity contribution in [2.24, 2.45) is 4.99 Å². The summed E-state index contributed by atoms with van der Waals surface area (Å²) in [6, 6.07) is 15.5. The van der Waals surface area contributed by atoms with E-state index in [0.29, 0.717) is 6.61 Å². The number of hydrogen-bond donors (Lipinski definition) is 2. The highest BCUT2D eigenvalue weighted by Crippen LogP contribution is 2.15. The van der Waals surface area contributed by atoms with E-state index < -0.39 is 0 Å². The lowest BCUT2D eigenvalue weighted by atomic mass is 10.1. The molecule has 29 heavy (non-hydrogen) atoms. The molecule has 2 N–H and O–H groups in total. The molecule has 0 aliphatic rings. The molecule has 6 nitrogen and oxygen atoms in total. The molecule has 0 fully saturated rings. The van der Waals surface area contributed by atoms with Crippen molar-refractivity contribution in [2.75, 3.05) is 26.2 Å². The largest absolute Gasteiger partial charge is 0.374 e. The van der Waals surface area contributed by atoms with Crippen LogP contribution in [0.15, 0.2) is 64.5 Å². The topological polar surface area (TPSA) is 67.7 Å². The third kappa shape index (κ3) is 8.96. The van der Waals surface area contributed by atoms with Crippen molar-refractivity contribution in [3.05, 3.63) is 70.6 Å². The second-order valence-corrected chi connectivity index (χ2v) is 6.90. The van der Waals surface area contributed by atoms with Gasteiger partial charge in [0.25, 0.3) is 0 Å². The van der Waals surface area contributed by atoms with Crippen LogP contribution in [-0.2, 0) is 11.3 Å². The number of guanidine groups is 1. The highest BCUT2D eigenvalue weighted by Gasteiger charge is 2.04. The molecule has 158 valence electrons. The quantitative estimate of drug-likeness (QED) is 0.327. The zero-order valence-electron chi connectivity index (χ0n) is 17.6. The first-order valence-corrected chi connectivity index (χ1v) is 10.5. The Morgan fingerprint density at radius 3 is 2.62 bits per heavy atom. The molecule has 6 heteroatoms. The number of nitrogens with one attached hydrogen (secondary N) is 2. The first-order chi connectivity index (χ1) is 14.2. The molecule has 0 spiro atoms. The predicted octanol–water partition coefficient (Wildman–Crippen LogP) is 3.35. The minimum Gasteiger partial charge on any atom is -0.374 e. The van der Waals surface area contributed by atoms with Gasteiger partial charge in [0.15, 0.2) is 5.96 Å². The van der Waals surface area contributed by atoms with Crippen LogP contribution in [0.25, 0.3) is 0 Å². The molecule has 1 aromatic heterocycles. The smallest absolute Gasteiger partial charge is 0.250 e. The number of unbranched alkanes of at least 4 members (excludes halogenated alkanes) is 1. The number of rotatable bonds is 12. The van der Waals surface area contributed by atoms with Crippen LogP contribution in [0.2, 0.25) is 0 Å². The van der Waals surface area contributed by atoms with Crippen molar-refractivity contribution in [1.82, 2.24) is 15.2 Å². The van der Waals surface area contributed by atoms with Gasteiger partial charge in [-0.1, -0.05) is 36.4 Å². The van der Waals surface area contributed by atoms with Gasteiger partial charge in [-0.25, -0.2) is 0 Å². The molecule has 1 aromatic carbocycles. The first kappa shape index (κ1) is 22.7. The lowest BCUT2D eigenvalue weighted by Gasteiger charge is -2.13. The molecule has 0 bridgehead atoms. The Kier molecular flexibility index (Phi) is 10.6. The number of ether oxygens (including phenoxy) is 1. The lowest BCUT2D eigenvalue weighted by Crippen LogP contribution is -2.38. The van der Waals surface area contributed by atoms with Gasteiger partial charge in [0.05, 0.1) is 6.10 Å². The van der Waals surface area contributed by atoms with Crippen molar-refractivity contribution in [3.8, 4) is 0 Å². The van der Waals surface area contributed by atoms with Gasteiger partial charge in [0.2, 0.25) is 5.56 Å². The van der Waals surface area contributed by atoms with Gasteiger partial charge in [-0.3, -0.25) is 9.79 Å². The minimum absolute atomic E-state index is 0.0548. The van der Waals surface area contributed by atoms with Crippen molar-refractivity contribution >= 4 is 5.96 Å². The van der Waals surface area contributed by atoms with E-state index in [-0.39, 0.29) is 11.7 Å². The summed E-state index contributed by atoms with van der Waals surface area (Å²) in [6.07, 6.45) is 4.74. The molecule has 0 saturated carbocycles. The van der Waals surface area contributed by atoms with Crippen molar-refractivity contribution < 1.29 is 4.74 Å². The van der Waals surface area contributed by atoms with E-state index in [9.17, 15) is 4.79 Å². The molecule has 1 heterocycles. The maximum absolute atomic E-state index is 11.7. The van der Waals surface area contributed by atoms with Crippen molar-refractivity contribution in [3.63, 3.8) is 0 Å². The molecule has 0 radical (unpaired) electrons. The molecule has 0 aliphatic heterocycles. The fourth-order valence-corrected chi connectivity index (χ4v) is 2.94. The van der Waals surface area contributed by atoms with E-state index in [1.807, 2.05) is 30.5 Å². The highest BCUT2D eigenvalue weighted by molar-refractivity contribution is 5.79. The second-order valence-electron chi connectivity index (χ2n) is 6.90. The van der Waals surface area contributed by atoms with E-state index in [0.717, 1.165) is 51.4 Å². The summed E-state index contributed by atoms with van der Waals surface area (Å²) in [7, 11) is 0. The molecule has 0 aliphatic carbocycles. The zero-order chi connectivity index (χ0) is 20.7. The maximum atomic E-state index is 11.7. The number of benzene rings is 1. The van der Waals surface area contributed by atoms with Crippen LogP contribution in [0, 0.1) is 0 Å². The van der Waals surface area contributed by atoms with E-state index in [2.05, 4.69) is 41.6 Å². The molecular weight excluding hydrogens is 364 g/mol. The van der Waals surface area contributed by atoms with Gasteiger partial charge < -0.3 is 19.9 Å². The number of aryl methyl sites for hydroxylation is 1. The average molecular weight is 399 g/mol. The predicted molar refractivity (Wildman–Crippen MR) is 119 cm³/mol. The summed E-state index contributed by atoms with van der Waals surface area (Å²) in [5.74, 6) is 0.834. The number of aliphatic imine (C=N–C) groups is 1. The maximum Gasteiger partial charge on any atom is 0.250 e. The standard InChI is InChI=1S/C23H34N4O2/c1-3-24-23(25-15-8-10-18-27-17-9-7-14-22(27)28)26-16-11-19-29-20(2)21-12-5-4-6-13-21/h4-7,9,12-14,17,20H,3,8,10-11,15-16,18-19H2,1-2H3,(H2,24,25,26). The van der Waals surface area contributed by atoms with Gasteiger partial charge in [0, 0.05) is 45.0 Å². The van der Waals surface area contributed by atoms with Crippen LogP contribution in [0.3, 0.4) is 0 Å². The molecule has 2 rings (SSSR count). The molecule has 2 aromatic rings. The van der Waals surface area contributed by atoms with Crippen LogP contribution in [-0.4, -0.2) is 36.8 Å². The number of pyridine rings is 1. The third-order valence-electron chi connectivity index (χ3n) is 4.57. The third-order valence-corrected chi connectivity index (χ3v) is 4.57. The van der Waals surface area contributed by atoms with Gasteiger partial charge >= 0.3 is 0 Å². The summed E-state index contributed by atoms with van der Waals surface area (Å²) in [5, 5.41) is 6.63. The van der Waals surface area contributed by atoms with Gasteiger partial charge in [0.1, 0.15) is 0 Å². The summed E-state index contributed by atoms with van der Waals surface area (Å²) >= 11 is 0. The van der Waals surface area contributed by atoms with Gasteiger partial charge in [-0.15, -0.1) is 0 Å². The lowest BCUT2D eigenvalue weighted by molar-refractivity contribution is 0.0652. The summed E-state index contributed by atoms with van der Waals surface area (Å²) in [5.41, 5.74) is 1.25. The first-order valence-electron chi connectivity index (χ1n) is 10.5. The minimum atomic E-state index is 0.0548. The van der Waals surface area contributed by atoms with E-state index in [1.165, 1.54) is 5.56 Å². The normalized spacial score (nSPS) is 12.6. The monoisotopic (exact) mass is 398 g/mol. The number of nitrogens with zero attached hydrogens (tertiary/aromatic N) is 2. The van der Waals surface area contributed by atoms with Gasteiger partial charge in [-0.05, 0) is 44.7 Å². The molecular formula is C23H34N4O2. The molecule has 0 saturated heterocycles. The molecule has 1 unspecified atom stereocenters. The second kappa shape index (κ2) is 13.6. The summed E-state index contributed by atoms with van der Waals surface area (Å²) in [4.78, 5) is 16.3. The SMILES string of the molecule is CCNC(=NCCCOC(C)c1ccccc1)NCCCCn1ccccc1=O. The fourth-order valence-electron chi connectivity index (χ4n) is 2.94. The fraction of sp³-hybridized carbons (Fsp3) is 0.478. The Balaban J connectivity index is 1.61. The highest BCUT2D eigenvalue weighted by atomic mass is 16.5. The van der Waals surface area contributed by atoms with Crippen LogP contribution >= 0.6 is 0 Å².